The van der Waals surface area contributed by atoms with Gasteiger partial charge in [0.25, 0.3) is 0 Å². The minimum Gasteiger partial charge on any atom is -0.375 e. The quantitative estimate of drug-likeness (QED) is 0.792. The number of halogens is 1. The van der Waals surface area contributed by atoms with Gasteiger partial charge in [0.1, 0.15) is 0 Å². The number of nitrogens with one attached hydrogen (secondary N) is 1. The molecule has 1 aliphatic carbocycles. The van der Waals surface area contributed by atoms with Crippen LogP contribution in [-0.4, -0.2) is 19.2 Å². The number of rotatable bonds is 6. The van der Waals surface area contributed by atoms with E-state index in [-0.39, 0.29) is 0 Å². The maximum Gasteiger partial charge on any atom is 0.0718 e. The van der Waals surface area contributed by atoms with E-state index in [2.05, 4.69) is 5.32 Å². The Morgan fingerprint density at radius 3 is 2.83 bits per heavy atom. The summed E-state index contributed by atoms with van der Waals surface area (Å²) in [5.41, 5.74) is 1.14. The molecule has 0 amide bonds. The van der Waals surface area contributed by atoms with Gasteiger partial charge >= 0.3 is 0 Å². The second-order valence-corrected chi connectivity index (χ2v) is 5.41. The first-order valence-electron chi connectivity index (χ1n) is 6.90. The van der Waals surface area contributed by atoms with Crippen LogP contribution in [0.25, 0.3) is 0 Å². The van der Waals surface area contributed by atoms with Crippen LogP contribution < -0.4 is 5.32 Å². The van der Waals surface area contributed by atoms with E-state index in [0.717, 1.165) is 23.7 Å². The van der Waals surface area contributed by atoms with Gasteiger partial charge in [-0.25, -0.2) is 0 Å². The molecule has 1 aromatic rings. The first-order chi connectivity index (χ1) is 8.84. The maximum absolute atomic E-state index is 5.92. The molecule has 1 aliphatic rings. The summed E-state index contributed by atoms with van der Waals surface area (Å²) in [5, 5.41) is 4.34. The number of benzene rings is 1. The van der Waals surface area contributed by atoms with Gasteiger partial charge in [-0.2, -0.15) is 0 Å². The zero-order valence-electron chi connectivity index (χ0n) is 10.8. The zero-order valence-corrected chi connectivity index (χ0v) is 11.6. The lowest BCUT2D eigenvalue weighted by Gasteiger charge is -2.22. The summed E-state index contributed by atoms with van der Waals surface area (Å²) < 4.78 is 5.64. The first kappa shape index (κ1) is 13.9. The topological polar surface area (TPSA) is 21.3 Å². The smallest absolute Gasteiger partial charge is 0.0718 e. The average Bonchev–Trinajstić information content (AvgIpc) is 2.40. The Balaban J connectivity index is 1.55. The molecule has 0 heterocycles. The van der Waals surface area contributed by atoms with Crippen molar-refractivity contribution in [2.45, 2.75) is 44.8 Å². The van der Waals surface area contributed by atoms with Crippen LogP contribution in [0.3, 0.4) is 0 Å². The predicted molar refractivity (Wildman–Crippen MR) is 76.0 cm³/mol. The minimum absolute atomic E-state index is 0.646. The van der Waals surface area contributed by atoms with Crippen LogP contribution in [0.4, 0.5) is 0 Å². The van der Waals surface area contributed by atoms with Gasteiger partial charge in [-0.15, -0.1) is 0 Å². The van der Waals surface area contributed by atoms with E-state index in [1.807, 2.05) is 24.3 Å². The van der Waals surface area contributed by atoms with E-state index < -0.39 is 0 Å². The highest BCUT2D eigenvalue weighted by atomic mass is 35.5. The highest BCUT2D eigenvalue weighted by Crippen LogP contribution is 2.17. The standard InChI is InChI=1S/C15H22ClNO/c16-14-6-4-5-13(11-14)12-18-10-9-17-15-7-2-1-3-8-15/h4-6,11,15,17H,1-3,7-10,12H2. The molecule has 1 N–H and O–H groups in total. The van der Waals surface area contributed by atoms with E-state index in [9.17, 15) is 0 Å². The van der Waals surface area contributed by atoms with E-state index >= 15 is 0 Å². The molecule has 2 rings (SSSR count). The Labute approximate surface area is 115 Å². The Kier molecular flexibility index (Phi) is 5.98. The van der Waals surface area contributed by atoms with Gasteiger partial charge in [-0.05, 0) is 30.5 Å². The van der Waals surface area contributed by atoms with Crippen LogP contribution in [0, 0.1) is 0 Å². The van der Waals surface area contributed by atoms with Gasteiger partial charge in [0, 0.05) is 17.6 Å². The van der Waals surface area contributed by atoms with Gasteiger partial charge < -0.3 is 10.1 Å². The van der Waals surface area contributed by atoms with Crippen LogP contribution in [-0.2, 0) is 11.3 Å². The zero-order chi connectivity index (χ0) is 12.6. The molecule has 1 fully saturated rings. The largest absolute Gasteiger partial charge is 0.375 e. The average molecular weight is 268 g/mol. The molecular formula is C15H22ClNO. The molecule has 0 aromatic heterocycles. The fourth-order valence-electron chi connectivity index (χ4n) is 2.46. The summed E-state index contributed by atoms with van der Waals surface area (Å²) in [6, 6.07) is 8.56. The van der Waals surface area contributed by atoms with Crippen molar-refractivity contribution in [2.24, 2.45) is 0 Å². The van der Waals surface area contributed by atoms with Crippen LogP contribution >= 0.6 is 11.6 Å². The summed E-state index contributed by atoms with van der Waals surface area (Å²) in [6.07, 6.45) is 6.81. The lowest BCUT2D eigenvalue weighted by atomic mass is 9.96. The van der Waals surface area contributed by atoms with E-state index in [4.69, 9.17) is 16.3 Å². The second-order valence-electron chi connectivity index (χ2n) is 4.97. The van der Waals surface area contributed by atoms with Crippen molar-refractivity contribution in [1.82, 2.24) is 5.32 Å². The highest BCUT2D eigenvalue weighted by Gasteiger charge is 2.11. The third-order valence-corrected chi connectivity index (χ3v) is 3.68. The van der Waals surface area contributed by atoms with Crippen molar-refractivity contribution < 1.29 is 4.74 Å². The molecule has 18 heavy (non-hydrogen) atoms. The van der Waals surface area contributed by atoms with Crippen molar-refractivity contribution in [3.8, 4) is 0 Å². The van der Waals surface area contributed by atoms with E-state index in [0.29, 0.717) is 12.6 Å². The van der Waals surface area contributed by atoms with Gasteiger partial charge in [0.15, 0.2) is 0 Å². The van der Waals surface area contributed by atoms with Crippen molar-refractivity contribution in [3.63, 3.8) is 0 Å². The van der Waals surface area contributed by atoms with Gasteiger partial charge in [-0.3, -0.25) is 0 Å². The monoisotopic (exact) mass is 267 g/mol. The summed E-state index contributed by atoms with van der Waals surface area (Å²) >= 11 is 5.92. The molecule has 0 bridgehead atoms. The predicted octanol–water partition coefficient (Wildman–Crippen LogP) is 3.78. The molecule has 0 atom stereocenters. The fourth-order valence-corrected chi connectivity index (χ4v) is 2.67. The summed E-state index contributed by atoms with van der Waals surface area (Å²) in [5.74, 6) is 0. The third-order valence-electron chi connectivity index (χ3n) is 3.44. The van der Waals surface area contributed by atoms with Crippen LogP contribution in [0.15, 0.2) is 24.3 Å². The number of ether oxygens (including phenoxy) is 1. The number of hydrogen-bond acceptors (Lipinski definition) is 2. The van der Waals surface area contributed by atoms with Crippen molar-refractivity contribution in [3.05, 3.63) is 34.9 Å². The molecule has 0 aliphatic heterocycles. The molecule has 1 saturated carbocycles. The van der Waals surface area contributed by atoms with Gasteiger partial charge in [-0.1, -0.05) is 43.0 Å². The molecule has 0 spiro atoms. The van der Waals surface area contributed by atoms with Crippen molar-refractivity contribution >= 4 is 11.6 Å². The van der Waals surface area contributed by atoms with Crippen LogP contribution in [0.2, 0.25) is 5.02 Å². The lowest BCUT2D eigenvalue weighted by Crippen LogP contribution is -2.33. The van der Waals surface area contributed by atoms with Crippen molar-refractivity contribution in [1.29, 1.82) is 0 Å². The van der Waals surface area contributed by atoms with Gasteiger partial charge in [0.2, 0.25) is 0 Å². The highest BCUT2D eigenvalue weighted by molar-refractivity contribution is 6.30. The van der Waals surface area contributed by atoms with Gasteiger partial charge in [0.05, 0.1) is 13.2 Å². The molecular weight excluding hydrogens is 246 g/mol. The summed E-state index contributed by atoms with van der Waals surface area (Å²) in [4.78, 5) is 0. The van der Waals surface area contributed by atoms with E-state index in [1.165, 1.54) is 32.1 Å². The number of hydrogen-bond donors (Lipinski definition) is 1. The second kappa shape index (κ2) is 7.78. The Bertz CT molecular complexity index is 350. The first-order valence-corrected chi connectivity index (χ1v) is 7.28. The molecule has 2 nitrogen and oxygen atoms in total. The fraction of sp³-hybridized carbons (Fsp3) is 0.600. The molecule has 0 unspecified atom stereocenters. The Morgan fingerprint density at radius 1 is 1.22 bits per heavy atom. The molecule has 0 radical (unpaired) electrons. The summed E-state index contributed by atoms with van der Waals surface area (Å²) in [7, 11) is 0. The van der Waals surface area contributed by atoms with E-state index in [1.54, 1.807) is 0 Å². The van der Waals surface area contributed by atoms with Crippen molar-refractivity contribution in [2.75, 3.05) is 13.2 Å². The third kappa shape index (κ3) is 4.97. The maximum atomic E-state index is 5.92. The minimum atomic E-state index is 0.646. The van der Waals surface area contributed by atoms with Crippen LogP contribution in [0.1, 0.15) is 37.7 Å². The summed E-state index contributed by atoms with van der Waals surface area (Å²) in [6.45, 7) is 2.36. The normalized spacial score (nSPS) is 16.9. The SMILES string of the molecule is Clc1cccc(COCCNC2CCCCC2)c1. The lowest BCUT2D eigenvalue weighted by molar-refractivity contribution is 0.119. The molecule has 0 saturated heterocycles. The van der Waals surface area contributed by atoms with Crippen LogP contribution in [0.5, 0.6) is 0 Å². The molecule has 1 aromatic carbocycles. The molecule has 3 heteroatoms. The Hall–Kier alpha value is -0.570. The Morgan fingerprint density at radius 2 is 2.06 bits per heavy atom. The molecule has 100 valence electrons.